The molecule has 24 heavy (non-hydrogen) atoms. The number of anilines is 2. The largest absolute Gasteiger partial charge is 0.495 e. The van der Waals surface area contributed by atoms with Gasteiger partial charge in [-0.15, -0.1) is 0 Å². The van der Waals surface area contributed by atoms with Crippen LogP contribution in [0.3, 0.4) is 0 Å². The van der Waals surface area contributed by atoms with E-state index in [1.807, 2.05) is 6.92 Å². The van der Waals surface area contributed by atoms with Crippen molar-refractivity contribution in [2.75, 3.05) is 17.7 Å². The third-order valence-corrected chi connectivity index (χ3v) is 3.00. The number of carbonyl (C=O) groups excluding carboxylic acids is 2. The molecule has 0 spiro atoms. The zero-order valence-electron chi connectivity index (χ0n) is 12.9. The fourth-order valence-electron chi connectivity index (χ4n) is 1.80. The van der Waals surface area contributed by atoms with Crippen LogP contribution in [-0.2, 0) is 9.59 Å². The van der Waals surface area contributed by atoms with Crippen molar-refractivity contribution >= 4 is 29.0 Å². The lowest BCUT2D eigenvalue weighted by molar-refractivity contribution is -0.384. The van der Waals surface area contributed by atoms with Crippen LogP contribution in [0.5, 0.6) is 5.75 Å². The lowest BCUT2D eigenvalue weighted by Gasteiger charge is -2.10. The number of nitro groups is 1. The summed E-state index contributed by atoms with van der Waals surface area (Å²) in [6.07, 6.45) is 1.54. The van der Waals surface area contributed by atoms with E-state index in [4.69, 9.17) is 4.74 Å². The van der Waals surface area contributed by atoms with Gasteiger partial charge in [0.05, 0.1) is 17.7 Å². The molecule has 9 nitrogen and oxygen atoms in total. The Bertz CT molecular complexity index is 789. The summed E-state index contributed by atoms with van der Waals surface area (Å²) in [6, 6.07) is 6.94. The van der Waals surface area contributed by atoms with Gasteiger partial charge in [0.2, 0.25) is 0 Å². The minimum atomic E-state index is -1.00. The van der Waals surface area contributed by atoms with Crippen LogP contribution in [0.25, 0.3) is 0 Å². The number of carbonyl (C=O) groups is 2. The molecule has 2 rings (SSSR count). The van der Waals surface area contributed by atoms with Crippen molar-refractivity contribution in [2.45, 2.75) is 6.92 Å². The molecule has 2 N–H and O–H groups in total. The van der Waals surface area contributed by atoms with E-state index in [1.165, 1.54) is 25.4 Å². The van der Waals surface area contributed by atoms with Crippen LogP contribution in [0.15, 0.2) is 36.5 Å². The van der Waals surface area contributed by atoms with Gasteiger partial charge >= 0.3 is 11.8 Å². The van der Waals surface area contributed by atoms with Gasteiger partial charge in [-0.2, -0.15) is 0 Å². The predicted molar refractivity (Wildman–Crippen MR) is 85.9 cm³/mol. The van der Waals surface area contributed by atoms with Crippen LogP contribution in [0.4, 0.5) is 17.2 Å². The molecule has 0 saturated heterocycles. The number of rotatable bonds is 4. The number of nitrogens with zero attached hydrogens (tertiary/aromatic N) is 2. The molecule has 0 saturated carbocycles. The molecule has 0 aliphatic heterocycles. The number of hydrogen-bond donors (Lipinski definition) is 2. The molecule has 1 aromatic carbocycles. The van der Waals surface area contributed by atoms with Gasteiger partial charge in [-0.1, -0.05) is 6.07 Å². The Kier molecular flexibility index (Phi) is 5.05. The third kappa shape index (κ3) is 4.03. The first-order chi connectivity index (χ1) is 11.4. The summed E-state index contributed by atoms with van der Waals surface area (Å²) in [4.78, 5) is 38.0. The standard InChI is InChI=1S/C15H14N4O5/c1-9-3-6-13(16-8-9)18-15(21)14(20)17-11-7-10(19(22)23)4-5-12(11)24-2/h3-8H,1-2H3,(H,17,20)(H,16,18,21). The van der Waals surface area contributed by atoms with E-state index in [0.717, 1.165) is 11.6 Å². The number of benzene rings is 1. The molecular weight excluding hydrogens is 316 g/mol. The topological polar surface area (TPSA) is 123 Å². The van der Waals surface area contributed by atoms with Crippen LogP contribution in [0.1, 0.15) is 5.56 Å². The van der Waals surface area contributed by atoms with E-state index in [0.29, 0.717) is 0 Å². The second-order valence-corrected chi connectivity index (χ2v) is 4.77. The molecule has 124 valence electrons. The first kappa shape index (κ1) is 16.9. The summed E-state index contributed by atoms with van der Waals surface area (Å²) in [5.41, 5.74) is 0.675. The van der Waals surface area contributed by atoms with Crippen LogP contribution in [-0.4, -0.2) is 28.8 Å². The van der Waals surface area contributed by atoms with Crippen LogP contribution < -0.4 is 15.4 Å². The van der Waals surface area contributed by atoms with E-state index >= 15 is 0 Å². The fourth-order valence-corrected chi connectivity index (χ4v) is 1.80. The third-order valence-electron chi connectivity index (χ3n) is 3.00. The van der Waals surface area contributed by atoms with E-state index in [2.05, 4.69) is 15.6 Å². The Hall–Kier alpha value is -3.49. The first-order valence-electron chi connectivity index (χ1n) is 6.78. The Labute approximate surface area is 136 Å². The zero-order valence-corrected chi connectivity index (χ0v) is 12.9. The van der Waals surface area contributed by atoms with Crippen molar-refractivity contribution in [2.24, 2.45) is 0 Å². The monoisotopic (exact) mass is 330 g/mol. The summed E-state index contributed by atoms with van der Waals surface area (Å²) in [6.45, 7) is 1.83. The number of pyridine rings is 1. The van der Waals surface area contributed by atoms with Gasteiger partial charge in [0, 0.05) is 18.3 Å². The highest BCUT2D eigenvalue weighted by Gasteiger charge is 2.18. The van der Waals surface area contributed by atoms with Crippen molar-refractivity contribution in [3.8, 4) is 5.75 Å². The highest BCUT2D eigenvalue weighted by atomic mass is 16.6. The molecule has 2 amide bonds. The van der Waals surface area contributed by atoms with Gasteiger partial charge in [0.15, 0.2) is 0 Å². The van der Waals surface area contributed by atoms with Gasteiger partial charge in [-0.25, -0.2) is 4.98 Å². The molecule has 1 heterocycles. The first-order valence-corrected chi connectivity index (χ1v) is 6.78. The number of aromatic nitrogens is 1. The van der Waals surface area contributed by atoms with Crippen molar-refractivity contribution < 1.29 is 19.2 Å². The minimum Gasteiger partial charge on any atom is -0.495 e. The number of nitro benzene ring substituents is 1. The van der Waals surface area contributed by atoms with E-state index in [9.17, 15) is 19.7 Å². The van der Waals surface area contributed by atoms with Gasteiger partial charge in [-0.3, -0.25) is 19.7 Å². The Morgan fingerprint density at radius 2 is 1.88 bits per heavy atom. The molecule has 0 radical (unpaired) electrons. The molecular formula is C15H14N4O5. The van der Waals surface area contributed by atoms with Crippen LogP contribution >= 0.6 is 0 Å². The Morgan fingerprint density at radius 3 is 2.46 bits per heavy atom. The smallest absolute Gasteiger partial charge is 0.315 e. The van der Waals surface area contributed by atoms with Crippen LogP contribution in [0, 0.1) is 17.0 Å². The predicted octanol–water partition coefficient (Wildman–Crippen LogP) is 1.88. The van der Waals surface area contributed by atoms with Gasteiger partial charge in [0.1, 0.15) is 11.6 Å². The number of amides is 2. The molecule has 0 unspecified atom stereocenters. The maximum atomic E-state index is 12.0. The van der Waals surface area contributed by atoms with Crippen LogP contribution in [0.2, 0.25) is 0 Å². The van der Waals surface area contributed by atoms with Gasteiger partial charge in [-0.05, 0) is 24.6 Å². The number of non-ortho nitro benzene ring substituents is 1. The molecule has 0 atom stereocenters. The van der Waals surface area contributed by atoms with E-state index < -0.39 is 16.7 Å². The number of ether oxygens (including phenoxy) is 1. The number of methoxy groups -OCH3 is 1. The number of nitrogens with one attached hydrogen (secondary N) is 2. The Morgan fingerprint density at radius 1 is 1.17 bits per heavy atom. The summed E-state index contributed by atoms with van der Waals surface area (Å²) in [5.74, 6) is -1.56. The minimum absolute atomic E-state index is 0.0173. The summed E-state index contributed by atoms with van der Waals surface area (Å²) < 4.78 is 5.01. The van der Waals surface area contributed by atoms with Gasteiger partial charge < -0.3 is 15.4 Å². The highest BCUT2D eigenvalue weighted by Crippen LogP contribution is 2.28. The lowest BCUT2D eigenvalue weighted by atomic mass is 10.2. The summed E-state index contributed by atoms with van der Waals surface area (Å²) >= 11 is 0. The number of aryl methyl sites for hydroxylation is 1. The van der Waals surface area contributed by atoms with Crippen molar-refractivity contribution in [1.82, 2.24) is 4.98 Å². The van der Waals surface area contributed by atoms with E-state index in [1.54, 1.807) is 12.1 Å². The molecule has 9 heteroatoms. The quantitative estimate of drug-likeness (QED) is 0.501. The van der Waals surface area contributed by atoms with Crippen molar-refractivity contribution in [3.05, 3.63) is 52.2 Å². The van der Waals surface area contributed by atoms with E-state index in [-0.39, 0.29) is 22.9 Å². The molecule has 0 fully saturated rings. The van der Waals surface area contributed by atoms with Crippen molar-refractivity contribution in [1.29, 1.82) is 0 Å². The van der Waals surface area contributed by atoms with Crippen molar-refractivity contribution in [3.63, 3.8) is 0 Å². The second kappa shape index (κ2) is 7.18. The maximum Gasteiger partial charge on any atom is 0.315 e. The fraction of sp³-hybridized carbons (Fsp3) is 0.133. The molecule has 1 aromatic heterocycles. The zero-order chi connectivity index (χ0) is 17.7. The summed E-state index contributed by atoms with van der Waals surface area (Å²) in [7, 11) is 1.34. The average Bonchev–Trinajstić information content (AvgIpc) is 2.56. The normalized spacial score (nSPS) is 9.92. The second-order valence-electron chi connectivity index (χ2n) is 4.77. The molecule has 0 aliphatic rings. The highest BCUT2D eigenvalue weighted by molar-refractivity contribution is 6.43. The average molecular weight is 330 g/mol. The lowest BCUT2D eigenvalue weighted by Crippen LogP contribution is -2.29. The SMILES string of the molecule is COc1ccc([N+](=O)[O-])cc1NC(=O)C(=O)Nc1ccc(C)cn1. The Balaban J connectivity index is 2.13. The maximum absolute atomic E-state index is 12.0. The molecule has 0 bridgehead atoms. The molecule has 0 aliphatic carbocycles. The number of hydrogen-bond acceptors (Lipinski definition) is 6. The summed E-state index contributed by atoms with van der Waals surface area (Å²) in [5, 5.41) is 15.4. The molecule has 2 aromatic rings. The van der Waals surface area contributed by atoms with Gasteiger partial charge in [0.25, 0.3) is 5.69 Å².